The number of nitrogens with one attached hydrogen (secondary N) is 1. The molecule has 0 bridgehead atoms. The molecule has 16 heavy (non-hydrogen) atoms. The number of rotatable bonds is 6. The molecular formula is C12H25NO2S. The summed E-state index contributed by atoms with van der Waals surface area (Å²) in [6.07, 6.45) is 2.53. The molecule has 0 unspecified atom stereocenters. The lowest BCUT2D eigenvalue weighted by Crippen LogP contribution is -2.34. The summed E-state index contributed by atoms with van der Waals surface area (Å²) in [7, 11) is 0. The minimum absolute atomic E-state index is 0.137. The Morgan fingerprint density at radius 3 is 2.25 bits per heavy atom. The van der Waals surface area contributed by atoms with E-state index in [1.807, 2.05) is 32.5 Å². The van der Waals surface area contributed by atoms with Gasteiger partial charge < -0.3 is 10.1 Å². The van der Waals surface area contributed by atoms with Crippen LogP contribution in [0.25, 0.3) is 0 Å². The van der Waals surface area contributed by atoms with Crippen LogP contribution in [0.15, 0.2) is 0 Å². The van der Waals surface area contributed by atoms with Crippen molar-refractivity contribution in [3.05, 3.63) is 0 Å². The highest BCUT2D eigenvalue weighted by Crippen LogP contribution is 2.19. The minimum Gasteiger partial charge on any atom is -0.460 e. The molecule has 1 N–H and O–H groups in total. The molecule has 3 nitrogen and oxygen atoms in total. The van der Waals surface area contributed by atoms with Gasteiger partial charge in [0.05, 0.1) is 6.42 Å². The standard InChI is InChI=1S/C12H25NO2S/c1-11(2,3)15-10(14)7-8-13-9-12(4,5)16-6/h13H,7-9H2,1-6H3. The van der Waals surface area contributed by atoms with Gasteiger partial charge in [0.25, 0.3) is 0 Å². The fraction of sp³-hybridized carbons (Fsp3) is 0.917. The Morgan fingerprint density at radius 1 is 1.25 bits per heavy atom. The summed E-state index contributed by atoms with van der Waals surface area (Å²) < 4.78 is 5.43. The van der Waals surface area contributed by atoms with E-state index in [2.05, 4.69) is 25.4 Å². The maximum Gasteiger partial charge on any atom is 0.307 e. The van der Waals surface area contributed by atoms with Crippen molar-refractivity contribution in [2.24, 2.45) is 0 Å². The summed E-state index contributed by atoms with van der Waals surface area (Å²) in [5.41, 5.74) is -0.379. The van der Waals surface area contributed by atoms with E-state index in [1.54, 1.807) is 0 Å². The molecule has 96 valence electrons. The summed E-state index contributed by atoms with van der Waals surface area (Å²) in [5.74, 6) is -0.137. The summed E-state index contributed by atoms with van der Waals surface area (Å²) in [5, 5.41) is 3.27. The number of carbonyl (C=O) groups is 1. The van der Waals surface area contributed by atoms with E-state index in [0.29, 0.717) is 13.0 Å². The lowest BCUT2D eigenvalue weighted by Gasteiger charge is -2.23. The lowest BCUT2D eigenvalue weighted by molar-refractivity contribution is -0.154. The molecule has 0 atom stereocenters. The molecular weight excluding hydrogens is 222 g/mol. The Hall–Kier alpha value is -0.220. The number of carbonyl (C=O) groups excluding carboxylic acids is 1. The van der Waals surface area contributed by atoms with Crippen LogP contribution in [0.3, 0.4) is 0 Å². The second-order valence-corrected chi connectivity index (χ2v) is 6.99. The van der Waals surface area contributed by atoms with Crippen LogP contribution < -0.4 is 5.32 Å². The predicted octanol–water partition coefficient (Wildman–Crippen LogP) is 2.45. The molecule has 0 rings (SSSR count). The number of ether oxygens (including phenoxy) is 1. The van der Waals surface area contributed by atoms with Gasteiger partial charge in [-0.05, 0) is 40.9 Å². The van der Waals surface area contributed by atoms with Gasteiger partial charge in [0, 0.05) is 17.8 Å². The average Bonchev–Trinajstić information content (AvgIpc) is 2.10. The predicted molar refractivity (Wildman–Crippen MR) is 70.9 cm³/mol. The summed E-state index contributed by atoms with van der Waals surface area (Å²) >= 11 is 1.82. The fourth-order valence-corrected chi connectivity index (χ4v) is 1.29. The largest absolute Gasteiger partial charge is 0.460 e. The third kappa shape index (κ3) is 9.04. The molecule has 0 spiro atoms. The first-order chi connectivity index (χ1) is 7.16. The van der Waals surface area contributed by atoms with Crippen molar-refractivity contribution < 1.29 is 9.53 Å². The Balaban J connectivity index is 3.64. The van der Waals surface area contributed by atoms with E-state index < -0.39 is 0 Å². The van der Waals surface area contributed by atoms with Gasteiger partial charge in [-0.1, -0.05) is 0 Å². The third-order valence-corrected chi connectivity index (χ3v) is 3.28. The van der Waals surface area contributed by atoms with Crippen molar-refractivity contribution in [2.75, 3.05) is 19.3 Å². The molecule has 0 aliphatic heterocycles. The van der Waals surface area contributed by atoms with E-state index in [1.165, 1.54) is 0 Å². The minimum atomic E-state index is -0.379. The Kier molecular flexibility index (Phi) is 6.41. The Labute approximate surface area is 104 Å². The SMILES string of the molecule is CSC(C)(C)CNCCC(=O)OC(C)(C)C. The van der Waals surface area contributed by atoms with E-state index in [4.69, 9.17) is 4.74 Å². The topological polar surface area (TPSA) is 38.3 Å². The average molecular weight is 247 g/mol. The molecule has 4 heteroatoms. The molecule has 0 radical (unpaired) electrons. The normalized spacial score (nSPS) is 12.6. The molecule has 0 saturated carbocycles. The van der Waals surface area contributed by atoms with Crippen LogP contribution >= 0.6 is 11.8 Å². The molecule has 0 fully saturated rings. The molecule has 0 aromatic carbocycles. The van der Waals surface area contributed by atoms with Gasteiger partial charge in [-0.25, -0.2) is 0 Å². The van der Waals surface area contributed by atoms with Crippen LogP contribution in [-0.2, 0) is 9.53 Å². The highest BCUT2D eigenvalue weighted by atomic mass is 32.2. The monoisotopic (exact) mass is 247 g/mol. The highest BCUT2D eigenvalue weighted by molar-refractivity contribution is 7.99. The van der Waals surface area contributed by atoms with Crippen molar-refractivity contribution in [1.29, 1.82) is 0 Å². The lowest BCUT2D eigenvalue weighted by atomic mass is 10.2. The van der Waals surface area contributed by atoms with Gasteiger partial charge in [-0.2, -0.15) is 11.8 Å². The third-order valence-electron chi connectivity index (χ3n) is 2.03. The zero-order chi connectivity index (χ0) is 12.8. The number of hydrogen-bond donors (Lipinski definition) is 1. The van der Waals surface area contributed by atoms with Gasteiger partial charge in [0.1, 0.15) is 5.60 Å². The molecule has 0 aromatic rings. The summed E-state index contributed by atoms with van der Waals surface area (Å²) in [6.45, 7) is 11.6. The maximum absolute atomic E-state index is 11.4. The first kappa shape index (κ1) is 15.8. The van der Waals surface area contributed by atoms with E-state index in [9.17, 15) is 4.79 Å². The zero-order valence-electron chi connectivity index (χ0n) is 11.3. The molecule has 0 aliphatic carbocycles. The quantitative estimate of drug-likeness (QED) is 0.578. The van der Waals surface area contributed by atoms with E-state index >= 15 is 0 Å². The van der Waals surface area contributed by atoms with Gasteiger partial charge in [-0.15, -0.1) is 0 Å². The van der Waals surface area contributed by atoms with Crippen molar-refractivity contribution >= 4 is 17.7 Å². The Morgan fingerprint density at radius 2 is 1.81 bits per heavy atom. The first-order valence-corrected chi connectivity index (χ1v) is 6.86. The maximum atomic E-state index is 11.4. The van der Waals surface area contributed by atoms with Crippen molar-refractivity contribution in [3.8, 4) is 0 Å². The van der Waals surface area contributed by atoms with Crippen LogP contribution in [0.2, 0.25) is 0 Å². The molecule has 0 aromatic heterocycles. The van der Waals surface area contributed by atoms with Gasteiger partial charge in [0.2, 0.25) is 0 Å². The van der Waals surface area contributed by atoms with Crippen molar-refractivity contribution in [1.82, 2.24) is 5.32 Å². The van der Waals surface area contributed by atoms with E-state index in [0.717, 1.165) is 6.54 Å². The summed E-state index contributed by atoms with van der Waals surface area (Å²) in [4.78, 5) is 11.4. The number of hydrogen-bond acceptors (Lipinski definition) is 4. The first-order valence-electron chi connectivity index (χ1n) is 5.64. The van der Waals surface area contributed by atoms with Crippen LogP contribution in [0, 0.1) is 0 Å². The molecule has 0 heterocycles. The highest BCUT2D eigenvalue weighted by Gasteiger charge is 2.17. The van der Waals surface area contributed by atoms with Crippen LogP contribution in [-0.4, -0.2) is 35.7 Å². The smallest absolute Gasteiger partial charge is 0.307 e. The van der Waals surface area contributed by atoms with Crippen molar-refractivity contribution in [3.63, 3.8) is 0 Å². The molecule has 0 aliphatic rings. The molecule has 0 amide bonds. The van der Waals surface area contributed by atoms with Gasteiger partial charge in [0.15, 0.2) is 0 Å². The fourth-order valence-electron chi connectivity index (χ4n) is 1.04. The van der Waals surface area contributed by atoms with Crippen molar-refractivity contribution in [2.45, 2.75) is 51.4 Å². The number of thioether (sulfide) groups is 1. The van der Waals surface area contributed by atoms with E-state index in [-0.39, 0.29) is 16.3 Å². The number of esters is 1. The zero-order valence-corrected chi connectivity index (χ0v) is 12.2. The van der Waals surface area contributed by atoms with Crippen LogP contribution in [0.4, 0.5) is 0 Å². The Bertz CT molecular complexity index is 222. The summed E-state index contributed by atoms with van der Waals surface area (Å²) in [6, 6.07) is 0. The second kappa shape index (κ2) is 6.50. The van der Waals surface area contributed by atoms with Gasteiger partial charge >= 0.3 is 5.97 Å². The molecule has 0 saturated heterocycles. The van der Waals surface area contributed by atoms with Crippen LogP contribution in [0.1, 0.15) is 41.0 Å². The second-order valence-electron chi connectivity index (χ2n) is 5.48. The van der Waals surface area contributed by atoms with Gasteiger partial charge in [-0.3, -0.25) is 4.79 Å². The van der Waals surface area contributed by atoms with Crippen LogP contribution in [0.5, 0.6) is 0 Å².